The summed E-state index contributed by atoms with van der Waals surface area (Å²) in [5.74, 6) is 0.527. The number of halogens is 3. The summed E-state index contributed by atoms with van der Waals surface area (Å²) in [5.41, 5.74) is 1.68. The van der Waals surface area contributed by atoms with Crippen molar-refractivity contribution < 1.29 is 32.6 Å². The van der Waals surface area contributed by atoms with Gasteiger partial charge >= 0.3 is 12.3 Å². The highest BCUT2D eigenvalue weighted by Gasteiger charge is 2.56. The fraction of sp³-hybridized carbons (Fsp3) is 0.500. The normalized spacial score (nSPS) is 23.5. The minimum Gasteiger partial charge on any atom is -0.464 e. The molecule has 1 amide bonds. The van der Waals surface area contributed by atoms with Gasteiger partial charge in [0.05, 0.1) is 31.0 Å². The second-order valence-corrected chi connectivity index (χ2v) is 8.04. The first-order valence-electron chi connectivity index (χ1n) is 9.64. The van der Waals surface area contributed by atoms with E-state index in [4.69, 9.17) is 4.74 Å². The minimum absolute atomic E-state index is 0.269. The molecule has 10 heteroatoms. The predicted octanol–water partition coefficient (Wildman–Crippen LogP) is 3.38. The molecule has 1 saturated carbocycles. The Balaban J connectivity index is 1.34. The van der Waals surface area contributed by atoms with Gasteiger partial charge in [-0.1, -0.05) is 6.07 Å². The Morgan fingerprint density at radius 2 is 1.97 bits per heavy atom. The highest BCUT2D eigenvalue weighted by molar-refractivity contribution is 6.04. The molecule has 2 aliphatic rings. The van der Waals surface area contributed by atoms with Crippen LogP contribution in [-0.4, -0.2) is 59.0 Å². The number of fused-ring (bicyclic) bond motifs is 2. The Kier molecular flexibility index (Phi) is 5.23. The quantitative estimate of drug-likeness (QED) is 0.742. The molecule has 1 aliphatic carbocycles. The molecule has 0 radical (unpaired) electrons. The molecule has 4 rings (SSSR count). The topological polar surface area (TPSA) is 83.8 Å². The van der Waals surface area contributed by atoms with Crippen LogP contribution in [0.1, 0.15) is 12.5 Å². The number of alkyl halides is 3. The zero-order valence-electron chi connectivity index (χ0n) is 16.3. The molecule has 0 bridgehead atoms. The number of hydrogen-bond acceptors (Lipinski definition) is 4. The number of likely N-dealkylation sites (tertiary alicyclic amines) is 1. The van der Waals surface area contributed by atoms with Gasteiger partial charge in [0, 0.05) is 31.6 Å². The number of ether oxygens (including phenoxy) is 1. The molecule has 2 heterocycles. The summed E-state index contributed by atoms with van der Waals surface area (Å²) in [7, 11) is 0. The van der Waals surface area contributed by atoms with Crippen molar-refractivity contribution in [3.8, 4) is 0 Å². The van der Waals surface area contributed by atoms with Crippen molar-refractivity contribution in [2.24, 2.45) is 17.8 Å². The summed E-state index contributed by atoms with van der Waals surface area (Å²) in [4.78, 5) is 24.3. The van der Waals surface area contributed by atoms with E-state index in [1.54, 1.807) is 18.2 Å². The van der Waals surface area contributed by atoms with E-state index in [0.717, 1.165) is 10.1 Å². The van der Waals surface area contributed by atoms with Crippen molar-refractivity contribution >= 4 is 28.6 Å². The lowest BCUT2D eigenvalue weighted by atomic mass is 10.1. The first-order valence-corrected chi connectivity index (χ1v) is 9.64. The van der Waals surface area contributed by atoms with E-state index in [1.807, 2.05) is 0 Å². The Morgan fingerprint density at radius 3 is 2.57 bits per heavy atom. The van der Waals surface area contributed by atoms with E-state index in [0.29, 0.717) is 48.8 Å². The van der Waals surface area contributed by atoms with Gasteiger partial charge in [-0.25, -0.2) is 4.79 Å². The van der Waals surface area contributed by atoms with Crippen molar-refractivity contribution in [2.45, 2.75) is 19.7 Å². The first-order chi connectivity index (χ1) is 14.1. The molecule has 2 N–H and O–H groups in total. The Labute approximate surface area is 170 Å². The van der Waals surface area contributed by atoms with Gasteiger partial charge in [-0.2, -0.15) is 13.2 Å². The Bertz CT molecular complexity index is 976. The second kappa shape index (κ2) is 7.59. The smallest absolute Gasteiger partial charge is 0.416 e. The van der Waals surface area contributed by atoms with Crippen LogP contribution in [0.2, 0.25) is 0 Å². The van der Waals surface area contributed by atoms with Crippen molar-refractivity contribution in [1.29, 1.82) is 0 Å². The second-order valence-electron chi connectivity index (χ2n) is 8.04. The van der Waals surface area contributed by atoms with E-state index < -0.39 is 18.8 Å². The number of hydrogen-bond donors (Lipinski definition) is 2. The highest BCUT2D eigenvalue weighted by Crippen LogP contribution is 2.52. The van der Waals surface area contributed by atoms with E-state index in [-0.39, 0.29) is 17.7 Å². The van der Waals surface area contributed by atoms with Crippen LogP contribution in [0.25, 0.3) is 10.9 Å². The van der Waals surface area contributed by atoms with E-state index in [1.165, 1.54) is 18.0 Å². The van der Waals surface area contributed by atoms with Gasteiger partial charge in [0.2, 0.25) is 5.91 Å². The lowest BCUT2D eigenvalue weighted by molar-refractivity contribution is -0.145. The summed E-state index contributed by atoms with van der Waals surface area (Å²) < 4.78 is 44.2. The fourth-order valence-electron chi connectivity index (χ4n) is 4.49. The van der Waals surface area contributed by atoms with Crippen molar-refractivity contribution in [2.75, 3.05) is 31.6 Å². The third kappa shape index (κ3) is 4.29. The molecule has 1 unspecified atom stereocenters. The third-order valence-corrected chi connectivity index (χ3v) is 5.81. The van der Waals surface area contributed by atoms with Crippen molar-refractivity contribution in [3.63, 3.8) is 0 Å². The maximum absolute atomic E-state index is 12.5. The summed E-state index contributed by atoms with van der Waals surface area (Å²) in [6.45, 7) is 2.22. The molecule has 1 aromatic carbocycles. The van der Waals surface area contributed by atoms with Gasteiger partial charge in [0.1, 0.15) is 0 Å². The molecule has 2 aromatic rings. The maximum Gasteiger partial charge on any atom is 0.416 e. The molecular weight excluding hydrogens is 403 g/mol. The number of anilines is 1. The maximum atomic E-state index is 12.5. The number of piperidine rings is 1. The molecular formula is C20H22F3N3O4. The van der Waals surface area contributed by atoms with Crippen LogP contribution in [0.4, 0.5) is 23.7 Å². The number of nitrogens with one attached hydrogen (secondary N) is 1. The molecule has 0 spiro atoms. The van der Waals surface area contributed by atoms with Gasteiger partial charge < -0.3 is 15.2 Å². The van der Waals surface area contributed by atoms with Crippen LogP contribution in [0.5, 0.6) is 0 Å². The van der Waals surface area contributed by atoms with E-state index in [2.05, 4.69) is 5.32 Å². The van der Waals surface area contributed by atoms with Gasteiger partial charge in [-0.15, -0.1) is 0 Å². The number of nitrogens with zero attached hydrogens (tertiary/aromatic N) is 2. The molecule has 1 aromatic heterocycles. The zero-order valence-corrected chi connectivity index (χ0v) is 16.3. The Morgan fingerprint density at radius 1 is 1.27 bits per heavy atom. The molecule has 1 saturated heterocycles. The Hall–Kier alpha value is -2.59. The average molecular weight is 425 g/mol. The minimum atomic E-state index is -4.16. The predicted molar refractivity (Wildman–Crippen MR) is 102 cm³/mol. The summed E-state index contributed by atoms with van der Waals surface area (Å²) in [6.07, 6.45) is -3.95. The zero-order chi connectivity index (χ0) is 21.6. The van der Waals surface area contributed by atoms with Crippen LogP contribution < -0.4 is 5.32 Å². The summed E-state index contributed by atoms with van der Waals surface area (Å²) in [5, 5.41) is 12.6. The van der Waals surface area contributed by atoms with Gasteiger partial charge in [0.25, 0.3) is 0 Å². The standard InChI is InChI=1S/C20H22F3N3O4/c1-11(27)24-17-7-26(19(28)29)18-3-2-12(4-13(17)18)8-30-9-16-14-5-25(6-15(14)16)10-20(21,22)23/h2-4,7,14-16H,5-6,8-10H2,1H3,(H,24,27)(H,28,29)/t14-,15+,16?. The lowest BCUT2D eigenvalue weighted by Gasteiger charge is -2.20. The summed E-state index contributed by atoms with van der Waals surface area (Å²) >= 11 is 0. The van der Waals surface area contributed by atoms with E-state index in [9.17, 15) is 27.9 Å². The lowest BCUT2D eigenvalue weighted by Crippen LogP contribution is -2.34. The molecule has 1 aliphatic heterocycles. The summed E-state index contributed by atoms with van der Waals surface area (Å²) in [6, 6.07) is 5.20. The fourth-order valence-corrected chi connectivity index (χ4v) is 4.49. The van der Waals surface area contributed by atoms with Gasteiger partial charge in [-0.05, 0) is 35.4 Å². The van der Waals surface area contributed by atoms with E-state index >= 15 is 0 Å². The molecule has 3 atom stereocenters. The molecule has 2 fully saturated rings. The highest BCUT2D eigenvalue weighted by atomic mass is 19.4. The van der Waals surface area contributed by atoms with Crippen LogP contribution in [0.15, 0.2) is 24.4 Å². The number of amides is 1. The molecule has 162 valence electrons. The number of rotatable bonds is 6. The van der Waals surface area contributed by atoms with Gasteiger partial charge in [0.15, 0.2) is 0 Å². The van der Waals surface area contributed by atoms with Crippen LogP contribution in [0, 0.1) is 17.8 Å². The number of benzene rings is 1. The number of aromatic nitrogens is 1. The van der Waals surface area contributed by atoms with Gasteiger partial charge in [-0.3, -0.25) is 14.3 Å². The van der Waals surface area contributed by atoms with Crippen molar-refractivity contribution in [3.05, 3.63) is 30.0 Å². The van der Waals surface area contributed by atoms with Crippen LogP contribution >= 0.6 is 0 Å². The largest absolute Gasteiger partial charge is 0.464 e. The molecule has 7 nitrogen and oxygen atoms in total. The van der Waals surface area contributed by atoms with Crippen LogP contribution in [0.3, 0.4) is 0 Å². The SMILES string of the molecule is CC(=O)Nc1cn(C(=O)O)c2ccc(COCC3[C@H]4CN(CC(F)(F)F)C[C@@H]34)cc12. The third-order valence-electron chi connectivity index (χ3n) is 5.81. The average Bonchev–Trinajstić information content (AvgIpc) is 2.97. The number of carbonyl (C=O) groups is 2. The number of carboxylic acid groups (broad SMARTS) is 1. The first kappa shape index (κ1) is 20.7. The monoisotopic (exact) mass is 425 g/mol. The molecule has 30 heavy (non-hydrogen) atoms. The van der Waals surface area contributed by atoms with Crippen molar-refractivity contribution in [1.82, 2.24) is 9.47 Å². The van der Waals surface area contributed by atoms with Crippen LogP contribution in [-0.2, 0) is 16.1 Å². The number of carbonyl (C=O) groups excluding carboxylic acids is 1.